The van der Waals surface area contributed by atoms with Crippen LogP contribution in [-0.4, -0.2) is 12.6 Å². The summed E-state index contributed by atoms with van der Waals surface area (Å²) in [5.74, 6) is 0.483. The van der Waals surface area contributed by atoms with E-state index in [1.54, 1.807) is 6.07 Å². The van der Waals surface area contributed by atoms with Gasteiger partial charge < -0.3 is 10.5 Å². The lowest BCUT2D eigenvalue weighted by molar-refractivity contribution is -0.0182. The minimum atomic E-state index is 0.263. The molecule has 2 atom stereocenters. The van der Waals surface area contributed by atoms with E-state index in [9.17, 15) is 0 Å². The molecule has 2 unspecified atom stereocenters. The molecule has 2 N–H and O–H groups in total. The molecule has 0 radical (unpaired) electrons. The zero-order chi connectivity index (χ0) is 13.0. The van der Waals surface area contributed by atoms with Gasteiger partial charge in [-0.2, -0.15) is 0 Å². The number of benzene rings is 1. The highest BCUT2D eigenvalue weighted by atomic mass is 35.5. The fourth-order valence-corrected chi connectivity index (χ4v) is 2.88. The molecule has 2 nitrogen and oxygen atoms in total. The van der Waals surface area contributed by atoms with Crippen LogP contribution in [0.4, 0.5) is 0 Å². The SMILES string of the molecule is NCC1CCCCC1OCc1cc(Cl)ccc1Cl. The van der Waals surface area contributed by atoms with Gasteiger partial charge in [0.25, 0.3) is 0 Å². The minimum Gasteiger partial charge on any atom is -0.373 e. The van der Waals surface area contributed by atoms with Crippen molar-refractivity contribution in [1.29, 1.82) is 0 Å². The van der Waals surface area contributed by atoms with Crippen molar-refractivity contribution in [2.24, 2.45) is 11.7 Å². The maximum atomic E-state index is 6.12. The molecule has 2 rings (SSSR count). The highest BCUT2D eigenvalue weighted by molar-refractivity contribution is 6.33. The first kappa shape index (κ1) is 14.1. The molecule has 1 aromatic carbocycles. The van der Waals surface area contributed by atoms with E-state index in [0.717, 1.165) is 12.0 Å². The third kappa shape index (κ3) is 3.61. The number of hydrogen-bond donors (Lipinski definition) is 1. The molecule has 1 aliphatic rings. The summed E-state index contributed by atoms with van der Waals surface area (Å²) in [5.41, 5.74) is 6.74. The van der Waals surface area contributed by atoms with E-state index in [-0.39, 0.29) is 6.10 Å². The van der Waals surface area contributed by atoms with Crippen molar-refractivity contribution in [2.75, 3.05) is 6.54 Å². The van der Waals surface area contributed by atoms with E-state index in [4.69, 9.17) is 33.7 Å². The summed E-state index contributed by atoms with van der Waals surface area (Å²) in [6.45, 7) is 1.22. The van der Waals surface area contributed by atoms with E-state index >= 15 is 0 Å². The number of hydrogen-bond acceptors (Lipinski definition) is 2. The van der Waals surface area contributed by atoms with Gasteiger partial charge >= 0.3 is 0 Å². The van der Waals surface area contributed by atoms with Crippen molar-refractivity contribution in [2.45, 2.75) is 38.4 Å². The number of nitrogens with two attached hydrogens (primary N) is 1. The predicted octanol–water partition coefficient (Wildman–Crippen LogP) is 4.03. The fraction of sp³-hybridized carbons (Fsp3) is 0.571. The van der Waals surface area contributed by atoms with Gasteiger partial charge in [-0.3, -0.25) is 0 Å². The van der Waals surface area contributed by atoms with Crippen molar-refractivity contribution in [3.8, 4) is 0 Å². The molecule has 1 aromatic rings. The Morgan fingerprint density at radius 2 is 2.00 bits per heavy atom. The van der Waals surface area contributed by atoms with E-state index in [2.05, 4.69) is 0 Å². The highest BCUT2D eigenvalue weighted by Crippen LogP contribution is 2.28. The Morgan fingerprint density at radius 1 is 1.22 bits per heavy atom. The van der Waals surface area contributed by atoms with Crippen LogP contribution in [0.5, 0.6) is 0 Å². The molecule has 0 amide bonds. The molecule has 4 heteroatoms. The maximum Gasteiger partial charge on any atom is 0.0735 e. The van der Waals surface area contributed by atoms with Crippen LogP contribution in [0.15, 0.2) is 18.2 Å². The van der Waals surface area contributed by atoms with Crippen LogP contribution in [0.25, 0.3) is 0 Å². The van der Waals surface area contributed by atoms with Crippen LogP contribution < -0.4 is 5.73 Å². The van der Waals surface area contributed by atoms with Crippen LogP contribution in [-0.2, 0) is 11.3 Å². The molecule has 0 saturated heterocycles. The third-order valence-corrected chi connectivity index (χ3v) is 4.21. The molecule has 100 valence electrons. The van der Waals surface area contributed by atoms with Gasteiger partial charge in [0.2, 0.25) is 0 Å². The van der Waals surface area contributed by atoms with Crippen molar-refractivity contribution < 1.29 is 4.74 Å². The summed E-state index contributed by atoms with van der Waals surface area (Å²) in [5, 5.41) is 1.40. The van der Waals surface area contributed by atoms with Gasteiger partial charge in [-0.25, -0.2) is 0 Å². The van der Waals surface area contributed by atoms with Crippen molar-refractivity contribution >= 4 is 23.2 Å². The van der Waals surface area contributed by atoms with Gasteiger partial charge in [0.05, 0.1) is 12.7 Å². The molecular formula is C14H19Cl2NO. The highest BCUT2D eigenvalue weighted by Gasteiger charge is 2.24. The summed E-state index contributed by atoms with van der Waals surface area (Å²) in [7, 11) is 0. The van der Waals surface area contributed by atoms with Gasteiger partial charge in [-0.1, -0.05) is 36.0 Å². The quantitative estimate of drug-likeness (QED) is 0.908. The lowest BCUT2D eigenvalue weighted by Gasteiger charge is -2.30. The Kier molecular flexibility index (Phi) is 5.31. The first-order valence-corrected chi connectivity index (χ1v) is 7.22. The number of halogens is 2. The molecule has 0 bridgehead atoms. The van der Waals surface area contributed by atoms with E-state index in [1.165, 1.54) is 19.3 Å². The van der Waals surface area contributed by atoms with Gasteiger partial charge in [-0.15, -0.1) is 0 Å². The molecule has 0 spiro atoms. The van der Waals surface area contributed by atoms with Crippen LogP contribution in [0.1, 0.15) is 31.2 Å². The lowest BCUT2D eigenvalue weighted by Crippen LogP contribution is -2.33. The summed E-state index contributed by atoms with van der Waals surface area (Å²) >= 11 is 12.1. The van der Waals surface area contributed by atoms with Crippen molar-refractivity contribution in [3.05, 3.63) is 33.8 Å². The number of rotatable bonds is 4. The van der Waals surface area contributed by atoms with Gasteiger partial charge in [-0.05, 0) is 49.1 Å². The van der Waals surface area contributed by atoms with E-state index in [0.29, 0.717) is 29.1 Å². The number of ether oxygens (including phenoxy) is 1. The molecule has 18 heavy (non-hydrogen) atoms. The van der Waals surface area contributed by atoms with Gasteiger partial charge in [0, 0.05) is 10.0 Å². The second-order valence-corrected chi connectivity index (χ2v) is 5.71. The predicted molar refractivity (Wildman–Crippen MR) is 76.1 cm³/mol. The third-order valence-electron chi connectivity index (χ3n) is 3.60. The average Bonchev–Trinajstić information content (AvgIpc) is 2.40. The van der Waals surface area contributed by atoms with E-state index < -0.39 is 0 Å². The summed E-state index contributed by atoms with van der Waals surface area (Å²) in [6.07, 6.45) is 5.02. The minimum absolute atomic E-state index is 0.263. The summed E-state index contributed by atoms with van der Waals surface area (Å²) in [6, 6.07) is 5.46. The molecular weight excluding hydrogens is 269 g/mol. The molecule has 0 aliphatic heterocycles. The average molecular weight is 288 g/mol. The molecule has 1 saturated carbocycles. The normalized spacial score (nSPS) is 24.2. The van der Waals surface area contributed by atoms with Crippen molar-refractivity contribution in [1.82, 2.24) is 0 Å². The molecule has 0 aromatic heterocycles. The smallest absolute Gasteiger partial charge is 0.0735 e. The van der Waals surface area contributed by atoms with Crippen LogP contribution >= 0.6 is 23.2 Å². The van der Waals surface area contributed by atoms with Crippen molar-refractivity contribution in [3.63, 3.8) is 0 Å². The van der Waals surface area contributed by atoms with Gasteiger partial charge in [0.1, 0.15) is 0 Å². The van der Waals surface area contributed by atoms with Crippen LogP contribution in [0.3, 0.4) is 0 Å². The monoisotopic (exact) mass is 287 g/mol. The summed E-state index contributed by atoms with van der Waals surface area (Å²) < 4.78 is 5.99. The van der Waals surface area contributed by atoms with Crippen LogP contribution in [0.2, 0.25) is 10.0 Å². The van der Waals surface area contributed by atoms with Crippen LogP contribution in [0, 0.1) is 5.92 Å². The van der Waals surface area contributed by atoms with E-state index in [1.807, 2.05) is 12.1 Å². The second-order valence-electron chi connectivity index (χ2n) is 4.87. The maximum absolute atomic E-state index is 6.12. The molecule has 1 fully saturated rings. The standard InChI is InChI=1S/C14H19Cl2NO/c15-12-5-6-13(16)11(7-12)9-18-14-4-2-1-3-10(14)8-17/h5-7,10,14H,1-4,8-9,17H2. The summed E-state index contributed by atoms with van der Waals surface area (Å²) in [4.78, 5) is 0. The molecule has 1 aliphatic carbocycles. The Morgan fingerprint density at radius 3 is 2.78 bits per heavy atom. The second kappa shape index (κ2) is 6.76. The largest absolute Gasteiger partial charge is 0.373 e. The fourth-order valence-electron chi connectivity index (χ4n) is 2.51. The zero-order valence-electron chi connectivity index (χ0n) is 10.4. The topological polar surface area (TPSA) is 35.2 Å². The Balaban J connectivity index is 1.95. The zero-order valence-corrected chi connectivity index (χ0v) is 11.9. The Bertz CT molecular complexity index is 397. The first-order chi connectivity index (χ1) is 8.70. The Labute approximate surface area is 118 Å². The molecule has 0 heterocycles. The Hall–Kier alpha value is -0.280. The first-order valence-electron chi connectivity index (χ1n) is 6.46. The van der Waals surface area contributed by atoms with Gasteiger partial charge in [0.15, 0.2) is 0 Å². The lowest BCUT2D eigenvalue weighted by atomic mass is 9.86.